The summed E-state index contributed by atoms with van der Waals surface area (Å²) in [7, 11) is 10.1. The molecule has 2 bridgehead atoms. The van der Waals surface area contributed by atoms with Gasteiger partial charge in [-0.25, -0.2) is 0 Å². The minimum Gasteiger partial charge on any atom is -0.377 e. The lowest BCUT2D eigenvalue weighted by molar-refractivity contribution is -0.182. The Labute approximate surface area is 605 Å². The molecule has 8 aliphatic rings. The highest BCUT2D eigenvalue weighted by molar-refractivity contribution is 6.21. The number of rotatable bonds is 11. The molecule has 0 aromatic carbocycles. The molecule has 4 aliphatic heterocycles. The summed E-state index contributed by atoms with van der Waals surface area (Å²) < 4.78 is 48.0. The number of halogens is 4. The third-order valence-electron chi connectivity index (χ3n) is 24.1. The number of nitrogens with zero attached hydrogens (tertiary/aromatic N) is 9. The molecule has 13 atom stereocenters. The largest absolute Gasteiger partial charge is 0.393 e. The number of fused-ring (bicyclic) bond motifs is 3. The minimum absolute atomic E-state index is 0.000367. The summed E-state index contributed by atoms with van der Waals surface area (Å²) in [5.41, 5.74) is -1.56. The van der Waals surface area contributed by atoms with Crippen molar-refractivity contribution in [1.29, 1.82) is 0 Å². The molecule has 4 saturated carbocycles. The van der Waals surface area contributed by atoms with E-state index in [0.29, 0.717) is 57.8 Å². The number of morpholine rings is 1. The Morgan fingerprint density at radius 1 is 0.598 bits per heavy atom. The highest BCUT2D eigenvalue weighted by atomic mass is 35.5. The van der Waals surface area contributed by atoms with Crippen LogP contribution in [-0.4, -0.2) is 275 Å². The molecule has 3 N–H and O–H groups in total. The normalized spacial score (nSPS) is 31.6. The monoisotopic (exact) mass is 1460 g/mol. The van der Waals surface area contributed by atoms with Crippen molar-refractivity contribution in [1.82, 2.24) is 60.0 Å². The molecule has 25 nitrogen and oxygen atoms in total. The van der Waals surface area contributed by atoms with Gasteiger partial charge in [-0.2, -0.15) is 13.2 Å². The first-order valence-electron chi connectivity index (χ1n) is 37.9. The second-order valence-corrected chi connectivity index (χ2v) is 31.7. The van der Waals surface area contributed by atoms with Crippen LogP contribution in [-0.2, 0) is 62.3 Å². The van der Waals surface area contributed by atoms with Gasteiger partial charge >= 0.3 is 6.18 Å². The van der Waals surface area contributed by atoms with Gasteiger partial charge in [0.25, 0.3) is 0 Å². The molecule has 0 radical (unpaired) electrons. The van der Waals surface area contributed by atoms with Crippen LogP contribution in [0.15, 0.2) is 0 Å². The quantitative estimate of drug-likeness (QED) is 0.212. The Kier molecular flexibility index (Phi) is 28.8. The van der Waals surface area contributed by atoms with Crippen molar-refractivity contribution >= 4 is 82.5 Å². The summed E-state index contributed by atoms with van der Waals surface area (Å²) in [6.45, 7) is 4.39. The molecule has 0 aromatic heterocycles. The molecule has 102 heavy (non-hydrogen) atoms. The van der Waals surface area contributed by atoms with Crippen molar-refractivity contribution in [3.05, 3.63) is 0 Å². The maximum atomic E-state index is 15.9. The molecule has 574 valence electrons. The van der Waals surface area contributed by atoms with Gasteiger partial charge in [0.15, 0.2) is 0 Å². The van der Waals surface area contributed by atoms with Crippen molar-refractivity contribution in [3.8, 4) is 0 Å². The Bertz CT molecular complexity index is 2990. The molecular formula is C73H116ClF3N12O13. The van der Waals surface area contributed by atoms with E-state index in [1.54, 1.807) is 11.8 Å². The maximum absolute atomic E-state index is 15.9. The van der Waals surface area contributed by atoms with E-state index in [1.807, 2.05) is 13.8 Å². The lowest BCUT2D eigenvalue weighted by Crippen LogP contribution is -2.65. The van der Waals surface area contributed by atoms with Crippen LogP contribution in [0.2, 0.25) is 0 Å². The van der Waals surface area contributed by atoms with E-state index in [2.05, 4.69) is 16.0 Å². The molecule has 8 rings (SSSR count). The number of alkyl halides is 4. The average Bonchev–Trinajstić information content (AvgIpc) is 1.46. The smallest absolute Gasteiger partial charge is 0.377 e. The molecule has 12 amide bonds. The van der Waals surface area contributed by atoms with Crippen molar-refractivity contribution in [2.24, 2.45) is 29.6 Å². The lowest BCUT2D eigenvalue weighted by atomic mass is 9.78. The van der Waals surface area contributed by atoms with Crippen LogP contribution in [0.25, 0.3) is 0 Å². The van der Waals surface area contributed by atoms with Gasteiger partial charge in [0, 0.05) is 61.3 Å². The highest BCUT2D eigenvalue weighted by Crippen LogP contribution is 2.44. The Hall–Kier alpha value is -6.32. The first-order chi connectivity index (χ1) is 48.3. The van der Waals surface area contributed by atoms with Crippen molar-refractivity contribution < 1.29 is 75.4 Å². The molecule has 4 aliphatic carbocycles. The van der Waals surface area contributed by atoms with Crippen LogP contribution in [0.1, 0.15) is 201 Å². The number of amides is 12. The predicted octanol–water partition coefficient (Wildman–Crippen LogP) is 5.62. The minimum atomic E-state index is -4.51. The van der Waals surface area contributed by atoms with E-state index in [-0.39, 0.29) is 108 Å². The Morgan fingerprint density at radius 2 is 1.21 bits per heavy atom. The summed E-state index contributed by atoms with van der Waals surface area (Å²) in [6, 6.07) is -9.25. The first-order valence-corrected chi connectivity index (χ1v) is 38.4. The van der Waals surface area contributed by atoms with Gasteiger partial charge in [0.05, 0.1) is 57.3 Å². The molecule has 0 aromatic rings. The zero-order valence-corrected chi connectivity index (χ0v) is 62.8. The second kappa shape index (κ2) is 36.1. The zero-order valence-electron chi connectivity index (χ0n) is 62.0. The molecule has 4 saturated heterocycles. The van der Waals surface area contributed by atoms with Crippen LogP contribution in [0.4, 0.5) is 13.2 Å². The van der Waals surface area contributed by atoms with E-state index in [4.69, 9.17) is 16.3 Å². The van der Waals surface area contributed by atoms with Gasteiger partial charge in [-0.3, -0.25) is 57.5 Å². The molecule has 29 heteroatoms. The van der Waals surface area contributed by atoms with Crippen LogP contribution in [0, 0.1) is 29.6 Å². The van der Waals surface area contributed by atoms with Crippen LogP contribution < -0.4 is 16.0 Å². The SMILES string of the molecule is CCC[C@H]1C(=O)N[C@@H]([C@@H](C)CC)C(=O)N(C)CC(=O)N(C)CC(=O)N(C)[C@@H](CC2CCCCC2)C(=O)N(C)CC(=O)N[C@@H](CCC2CCC(C(F)(F)F)C(Cl)C2)C(=O)N2CCC[C@H]2C(=O)NC2(CCCC2)C(=O)N(C)[C@@H](C2CCCCC2)C(=O)N(C)[C@H](C(=O)N2C3CCC2COC3)CC(=O)N1C. The average molecular weight is 1460 g/mol. The summed E-state index contributed by atoms with van der Waals surface area (Å²) in [6.07, 6.45) is 7.26. The Morgan fingerprint density at radius 3 is 1.81 bits per heavy atom. The lowest BCUT2D eigenvalue weighted by Gasteiger charge is -2.44. The number of hydrogen-bond donors (Lipinski definition) is 3. The number of nitrogens with one attached hydrogen (secondary N) is 3. The summed E-state index contributed by atoms with van der Waals surface area (Å²) in [5.74, 6) is -10.4. The number of ether oxygens (including phenoxy) is 1. The first kappa shape index (κ1) is 81.4. The van der Waals surface area contributed by atoms with Crippen LogP contribution >= 0.6 is 11.6 Å². The Balaban J connectivity index is 1.16. The van der Waals surface area contributed by atoms with Gasteiger partial charge in [-0.1, -0.05) is 97.8 Å². The second-order valence-electron chi connectivity index (χ2n) is 31.2. The molecular weight excluding hydrogens is 1350 g/mol. The van der Waals surface area contributed by atoms with Gasteiger partial charge in [0.2, 0.25) is 70.9 Å². The fraction of sp³-hybridized carbons (Fsp3) is 0.836. The third kappa shape index (κ3) is 19.4. The highest BCUT2D eigenvalue weighted by Gasteiger charge is 2.53. The fourth-order valence-electron chi connectivity index (χ4n) is 17.5. The standard InChI is InChI=1S/C73H116ClF3N12O13/c1-11-22-54-64(94)79-62(45(3)12-2)69(99)83(6)41-60(92)81(4)42-61(93)85(8)56(38-46-23-15-13-16-24-46)67(97)82(5)40-58(90)78-53(33-29-47-28-32-51(52(74)37-47)73(75,76)77)66(96)88-36-21-27-55(88)65(95)80-72(34-19-20-35-72)71(101)87(10)63(48-25-17-14-18-26-48)70(100)86(9)57(39-59(91)84(54)7)68(98)89-49-30-31-50(89)44-102-43-49/h45-57,62-63H,11-44H2,1-10H3,(H,78,90)(H,79,94)(H,80,95)/t45-,47?,49?,50?,51?,52?,53-,54-,55-,56-,57-,62-,63-/m0/s1. The van der Waals surface area contributed by atoms with E-state index in [9.17, 15) is 41.9 Å². The van der Waals surface area contributed by atoms with Gasteiger partial charge < -0.3 is 64.8 Å². The van der Waals surface area contributed by atoms with E-state index >= 15 is 28.8 Å². The zero-order chi connectivity index (χ0) is 74.7. The van der Waals surface area contributed by atoms with Gasteiger partial charge in [-0.05, 0) is 120 Å². The van der Waals surface area contributed by atoms with Gasteiger partial charge in [-0.15, -0.1) is 11.6 Å². The number of carbonyl (C=O) groups is 12. The van der Waals surface area contributed by atoms with Crippen molar-refractivity contribution in [2.75, 3.05) is 88.7 Å². The summed E-state index contributed by atoms with van der Waals surface area (Å²) in [5, 5.41) is 7.64. The fourth-order valence-corrected chi connectivity index (χ4v) is 18.1. The van der Waals surface area contributed by atoms with E-state index in [0.717, 1.165) is 66.1 Å². The topological polar surface area (TPSA) is 279 Å². The van der Waals surface area contributed by atoms with E-state index in [1.165, 1.54) is 73.8 Å². The van der Waals surface area contributed by atoms with Crippen molar-refractivity contribution in [3.63, 3.8) is 0 Å². The molecule has 5 unspecified atom stereocenters. The summed E-state index contributed by atoms with van der Waals surface area (Å²) >= 11 is 6.42. The van der Waals surface area contributed by atoms with Crippen molar-refractivity contribution in [2.45, 2.75) is 272 Å². The van der Waals surface area contributed by atoms with Crippen LogP contribution in [0.5, 0.6) is 0 Å². The maximum Gasteiger partial charge on any atom is 0.393 e. The number of carbonyl (C=O) groups excluding carboxylic acids is 12. The number of hydrogen-bond acceptors (Lipinski definition) is 13. The molecule has 8 fully saturated rings. The number of likely N-dealkylation sites (N-methyl/N-ethyl adjacent to an activating group) is 7. The third-order valence-corrected chi connectivity index (χ3v) is 24.6. The summed E-state index contributed by atoms with van der Waals surface area (Å²) in [4.78, 5) is 192. The van der Waals surface area contributed by atoms with E-state index < -0.39 is 174 Å². The molecule has 4 heterocycles. The molecule has 1 spiro atoms. The predicted molar refractivity (Wildman–Crippen MR) is 374 cm³/mol. The van der Waals surface area contributed by atoms with Gasteiger partial charge in [0.1, 0.15) is 47.8 Å². The van der Waals surface area contributed by atoms with Crippen LogP contribution in [0.3, 0.4) is 0 Å².